The Labute approximate surface area is 170 Å². The Kier molecular flexibility index (Phi) is 6.21. The summed E-state index contributed by atoms with van der Waals surface area (Å²) in [5.74, 6) is 0.0345. The molecule has 9 heteroatoms. The molecule has 0 aliphatic carbocycles. The van der Waals surface area contributed by atoms with E-state index in [0.717, 1.165) is 12.6 Å². The highest BCUT2D eigenvalue weighted by Crippen LogP contribution is 2.31. The first-order valence-corrected chi connectivity index (χ1v) is 10.8. The van der Waals surface area contributed by atoms with Crippen LogP contribution in [0.5, 0.6) is 5.75 Å². The Hall–Kier alpha value is -2.49. The molecular weight excluding hydrogens is 394 g/mol. The number of nitro groups is 1. The van der Waals surface area contributed by atoms with Gasteiger partial charge < -0.3 is 4.74 Å². The quantitative estimate of drug-likeness (QED) is 0.528. The van der Waals surface area contributed by atoms with Crippen LogP contribution in [-0.2, 0) is 16.6 Å². The van der Waals surface area contributed by atoms with E-state index in [0.29, 0.717) is 26.2 Å². The van der Waals surface area contributed by atoms with Crippen molar-refractivity contribution in [1.29, 1.82) is 0 Å². The molecule has 29 heavy (non-hydrogen) atoms. The maximum atomic E-state index is 13.0. The van der Waals surface area contributed by atoms with Gasteiger partial charge in [0.25, 0.3) is 0 Å². The minimum atomic E-state index is -3.81. The normalized spacial score (nSPS) is 16.0. The fourth-order valence-corrected chi connectivity index (χ4v) is 4.90. The van der Waals surface area contributed by atoms with E-state index in [1.54, 1.807) is 0 Å². The molecule has 0 spiro atoms. The number of methoxy groups -OCH3 is 1. The van der Waals surface area contributed by atoms with Gasteiger partial charge in [-0.15, -0.1) is 0 Å². The lowest BCUT2D eigenvalue weighted by molar-refractivity contribution is -0.386. The maximum absolute atomic E-state index is 13.0. The Morgan fingerprint density at radius 2 is 1.76 bits per heavy atom. The molecule has 0 atom stereocenters. The monoisotopic (exact) mass is 419 g/mol. The molecule has 0 N–H and O–H groups in total. The molecule has 0 unspecified atom stereocenters. The van der Waals surface area contributed by atoms with Gasteiger partial charge in [-0.3, -0.25) is 15.0 Å². The molecule has 0 bridgehead atoms. The zero-order chi connectivity index (χ0) is 21.2. The van der Waals surface area contributed by atoms with Crippen molar-refractivity contribution in [3.05, 3.63) is 63.2 Å². The molecule has 1 aliphatic rings. The summed E-state index contributed by atoms with van der Waals surface area (Å²) in [6.45, 7) is 6.79. The first-order valence-electron chi connectivity index (χ1n) is 9.33. The van der Waals surface area contributed by atoms with Gasteiger partial charge in [0, 0.05) is 38.8 Å². The minimum Gasteiger partial charge on any atom is -0.490 e. The number of hydrogen-bond acceptors (Lipinski definition) is 6. The Bertz CT molecular complexity index is 1010. The molecule has 0 saturated carbocycles. The van der Waals surface area contributed by atoms with Crippen molar-refractivity contribution in [2.45, 2.75) is 25.3 Å². The molecule has 1 aliphatic heterocycles. The molecule has 8 nitrogen and oxygen atoms in total. The van der Waals surface area contributed by atoms with Crippen LogP contribution in [0.2, 0.25) is 0 Å². The van der Waals surface area contributed by atoms with Crippen molar-refractivity contribution in [3.8, 4) is 5.75 Å². The van der Waals surface area contributed by atoms with E-state index in [1.807, 2.05) is 0 Å². The van der Waals surface area contributed by atoms with E-state index >= 15 is 0 Å². The summed E-state index contributed by atoms with van der Waals surface area (Å²) in [7, 11) is -2.50. The second-order valence-corrected chi connectivity index (χ2v) is 9.14. The van der Waals surface area contributed by atoms with Gasteiger partial charge in [-0.2, -0.15) is 4.31 Å². The smallest absolute Gasteiger partial charge is 0.312 e. The molecule has 2 aromatic carbocycles. The highest BCUT2D eigenvalue weighted by Gasteiger charge is 2.30. The summed E-state index contributed by atoms with van der Waals surface area (Å²) < 4.78 is 32.3. The highest BCUT2D eigenvalue weighted by atomic mass is 32.2. The topological polar surface area (TPSA) is 93.0 Å². The van der Waals surface area contributed by atoms with Crippen molar-refractivity contribution in [3.63, 3.8) is 0 Å². The standard InChI is InChI=1S/C20H25N3O5S/c1-15-4-5-16(2)17(12-15)14-21-8-10-22(11-9-21)29(26,27)18-6-7-20(28-3)19(13-18)23(24)25/h4-7,12-13H,8-11,14H2,1-3H3. The lowest BCUT2D eigenvalue weighted by Gasteiger charge is -2.34. The van der Waals surface area contributed by atoms with Crippen molar-refractivity contribution in [1.82, 2.24) is 9.21 Å². The number of benzene rings is 2. The first kappa shape index (κ1) is 21.2. The lowest BCUT2D eigenvalue weighted by Crippen LogP contribution is -2.48. The van der Waals surface area contributed by atoms with Crippen molar-refractivity contribution >= 4 is 15.7 Å². The fraction of sp³-hybridized carbons (Fsp3) is 0.400. The average Bonchev–Trinajstić information content (AvgIpc) is 2.70. The van der Waals surface area contributed by atoms with Crippen LogP contribution in [0.4, 0.5) is 5.69 Å². The molecule has 156 valence electrons. The predicted octanol–water partition coefficient (Wildman–Crippen LogP) is 2.73. The molecule has 3 rings (SSSR count). The first-order chi connectivity index (χ1) is 13.7. The van der Waals surface area contributed by atoms with Gasteiger partial charge in [-0.25, -0.2) is 8.42 Å². The van der Waals surface area contributed by atoms with Crippen molar-refractivity contribution in [2.24, 2.45) is 0 Å². The van der Waals surface area contributed by atoms with Gasteiger partial charge in [0.05, 0.1) is 16.9 Å². The Morgan fingerprint density at radius 1 is 1.07 bits per heavy atom. The van der Waals surface area contributed by atoms with Gasteiger partial charge >= 0.3 is 5.69 Å². The minimum absolute atomic E-state index is 0.0345. The van der Waals surface area contributed by atoms with E-state index in [-0.39, 0.29) is 16.3 Å². The van der Waals surface area contributed by atoms with Crippen LogP contribution >= 0.6 is 0 Å². The predicted molar refractivity (Wildman–Crippen MR) is 110 cm³/mol. The number of ether oxygens (including phenoxy) is 1. The molecule has 2 aromatic rings. The molecule has 0 radical (unpaired) electrons. The molecule has 0 aromatic heterocycles. The fourth-order valence-electron chi connectivity index (χ4n) is 3.46. The van der Waals surface area contributed by atoms with Gasteiger partial charge in [-0.05, 0) is 37.1 Å². The number of rotatable bonds is 6. The maximum Gasteiger partial charge on any atom is 0.312 e. The number of aryl methyl sites for hydroxylation is 2. The van der Waals surface area contributed by atoms with Crippen LogP contribution in [0.3, 0.4) is 0 Å². The molecule has 1 saturated heterocycles. The van der Waals surface area contributed by atoms with Crippen LogP contribution in [0.15, 0.2) is 41.3 Å². The van der Waals surface area contributed by atoms with Crippen LogP contribution in [0.1, 0.15) is 16.7 Å². The number of nitro benzene ring substituents is 1. The molecule has 1 fully saturated rings. The molecule has 0 amide bonds. The zero-order valence-corrected chi connectivity index (χ0v) is 17.6. The van der Waals surface area contributed by atoms with Crippen LogP contribution in [-0.4, -0.2) is 55.8 Å². The summed E-state index contributed by atoms with van der Waals surface area (Å²) in [6, 6.07) is 10.1. The number of nitrogens with zero attached hydrogens (tertiary/aromatic N) is 3. The Morgan fingerprint density at radius 3 is 2.38 bits per heavy atom. The third-order valence-electron chi connectivity index (χ3n) is 5.21. The van der Waals surface area contributed by atoms with Crippen LogP contribution < -0.4 is 4.74 Å². The molecule has 1 heterocycles. The van der Waals surface area contributed by atoms with Crippen molar-refractivity contribution < 1.29 is 18.1 Å². The number of hydrogen-bond donors (Lipinski definition) is 0. The summed E-state index contributed by atoms with van der Waals surface area (Å²) in [4.78, 5) is 12.7. The van der Waals surface area contributed by atoms with E-state index in [9.17, 15) is 18.5 Å². The third-order valence-corrected chi connectivity index (χ3v) is 7.11. The zero-order valence-electron chi connectivity index (χ0n) is 16.8. The van der Waals surface area contributed by atoms with Crippen LogP contribution in [0.25, 0.3) is 0 Å². The summed E-state index contributed by atoms with van der Waals surface area (Å²) >= 11 is 0. The third kappa shape index (κ3) is 4.58. The van der Waals surface area contributed by atoms with Gasteiger partial charge in [0.1, 0.15) is 0 Å². The van der Waals surface area contributed by atoms with E-state index in [2.05, 4.69) is 36.9 Å². The van der Waals surface area contributed by atoms with Gasteiger partial charge in [0.2, 0.25) is 10.0 Å². The largest absolute Gasteiger partial charge is 0.490 e. The SMILES string of the molecule is COc1ccc(S(=O)(=O)N2CCN(Cc3cc(C)ccc3C)CC2)cc1[N+](=O)[O-]. The molecular formula is C20H25N3O5S. The Balaban J connectivity index is 1.72. The van der Waals surface area contributed by atoms with Gasteiger partial charge in [0.15, 0.2) is 5.75 Å². The number of piperazine rings is 1. The average molecular weight is 420 g/mol. The van der Waals surface area contributed by atoms with E-state index in [4.69, 9.17) is 4.74 Å². The lowest BCUT2D eigenvalue weighted by atomic mass is 10.1. The van der Waals surface area contributed by atoms with Crippen LogP contribution in [0, 0.1) is 24.0 Å². The van der Waals surface area contributed by atoms with Gasteiger partial charge in [-0.1, -0.05) is 23.8 Å². The second kappa shape index (κ2) is 8.48. The van der Waals surface area contributed by atoms with Crippen molar-refractivity contribution in [2.75, 3.05) is 33.3 Å². The van der Waals surface area contributed by atoms with E-state index < -0.39 is 14.9 Å². The summed E-state index contributed by atoms with van der Waals surface area (Å²) in [5.41, 5.74) is 3.30. The number of sulfonamides is 1. The highest BCUT2D eigenvalue weighted by molar-refractivity contribution is 7.89. The summed E-state index contributed by atoms with van der Waals surface area (Å²) in [6.07, 6.45) is 0. The van der Waals surface area contributed by atoms with E-state index in [1.165, 1.54) is 40.2 Å². The second-order valence-electron chi connectivity index (χ2n) is 7.20. The summed E-state index contributed by atoms with van der Waals surface area (Å²) in [5, 5.41) is 11.2.